The van der Waals surface area contributed by atoms with Crippen molar-refractivity contribution >= 4 is 0 Å². The Morgan fingerprint density at radius 3 is 2.67 bits per heavy atom. The summed E-state index contributed by atoms with van der Waals surface area (Å²) in [6, 6.07) is 0. The Bertz CT molecular complexity index is 107. The van der Waals surface area contributed by atoms with E-state index in [0.29, 0.717) is 0 Å². The molecule has 0 aromatic carbocycles. The molecular weight excluding hydrogens is 108 g/mol. The van der Waals surface area contributed by atoms with Crippen molar-refractivity contribution in [1.29, 1.82) is 0 Å². The van der Waals surface area contributed by atoms with Crippen LogP contribution < -0.4 is 0 Å². The lowest BCUT2D eigenvalue weighted by molar-refractivity contribution is 0.335. The molecule has 3 atom stereocenters. The van der Waals surface area contributed by atoms with Crippen LogP contribution in [0.25, 0.3) is 0 Å². The number of hydrogen-bond acceptors (Lipinski definition) is 0. The Labute approximate surface area is 57.6 Å². The minimum absolute atomic E-state index is 1.11. The first kappa shape index (κ1) is 5.76. The lowest BCUT2D eigenvalue weighted by atomic mass is 9.88. The van der Waals surface area contributed by atoms with Crippen LogP contribution in [0.2, 0.25) is 0 Å². The van der Waals surface area contributed by atoms with Crippen LogP contribution in [0.1, 0.15) is 39.0 Å². The summed E-state index contributed by atoms with van der Waals surface area (Å²) in [5.41, 5.74) is 0. The van der Waals surface area contributed by atoms with Crippen LogP contribution in [0.5, 0.6) is 0 Å². The smallest absolute Gasteiger partial charge is 0.0380 e. The zero-order valence-electron chi connectivity index (χ0n) is 6.27. The summed E-state index contributed by atoms with van der Waals surface area (Å²) in [5.74, 6) is 3.48. The molecule has 3 unspecified atom stereocenters. The van der Waals surface area contributed by atoms with Gasteiger partial charge >= 0.3 is 0 Å². The summed E-state index contributed by atoms with van der Waals surface area (Å²) in [4.78, 5) is 0. The molecule has 0 amide bonds. The standard InChI is InChI=1S/C9H16/c1-2-7-3-4-8-6-9(8)5-7/h7-9H,2-6H2,1H3. The highest BCUT2D eigenvalue weighted by Gasteiger charge is 2.41. The third-order valence-corrected chi connectivity index (χ3v) is 3.23. The zero-order valence-corrected chi connectivity index (χ0v) is 6.27. The van der Waals surface area contributed by atoms with E-state index in [1.807, 2.05) is 0 Å². The molecule has 0 bridgehead atoms. The molecule has 52 valence electrons. The first-order valence-corrected chi connectivity index (χ1v) is 4.40. The van der Waals surface area contributed by atoms with E-state index in [-0.39, 0.29) is 0 Å². The molecule has 0 nitrogen and oxygen atoms in total. The van der Waals surface area contributed by atoms with Gasteiger partial charge in [-0.15, -0.1) is 0 Å². The molecule has 2 saturated carbocycles. The average molecular weight is 124 g/mol. The van der Waals surface area contributed by atoms with E-state index in [2.05, 4.69) is 6.92 Å². The normalized spacial score (nSPS) is 48.3. The van der Waals surface area contributed by atoms with Gasteiger partial charge in [0.25, 0.3) is 0 Å². The van der Waals surface area contributed by atoms with Gasteiger partial charge in [0.1, 0.15) is 0 Å². The fourth-order valence-electron chi connectivity index (χ4n) is 2.32. The summed E-state index contributed by atoms with van der Waals surface area (Å²) in [5, 5.41) is 0. The first-order chi connectivity index (χ1) is 4.40. The molecule has 2 aliphatic carbocycles. The lowest BCUT2D eigenvalue weighted by Gasteiger charge is -2.18. The van der Waals surface area contributed by atoms with Crippen molar-refractivity contribution < 1.29 is 0 Å². The van der Waals surface area contributed by atoms with E-state index in [1.54, 1.807) is 19.3 Å². The molecule has 0 aliphatic heterocycles. The second kappa shape index (κ2) is 2.00. The summed E-state index contributed by atoms with van der Waals surface area (Å²) >= 11 is 0. The minimum Gasteiger partial charge on any atom is -0.0651 e. The SMILES string of the molecule is CCC1CCC2CC2C1. The molecule has 0 heterocycles. The predicted molar refractivity (Wildman–Crippen MR) is 39.2 cm³/mol. The number of rotatable bonds is 1. The van der Waals surface area contributed by atoms with Crippen LogP contribution in [0.3, 0.4) is 0 Å². The molecule has 0 N–H and O–H groups in total. The second-order valence-corrected chi connectivity index (χ2v) is 3.84. The Kier molecular flexibility index (Phi) is 1.28. The molecule has 2 fully saturated rings. The Morgan fingerprint density at radius 1 is 1.11 bits per heavy atom. The van der Waals surface area contributed by atoms with E-state index >= 15 is 0 Å². The van der Waals surface area contributed by atoms with E-state index < -0.39 is 0 Å². The van der Waals surface area contributed by atoms with Crippen LogP contribution in [0.4, 0.5) is 0 Å². The van der Waals surface area contributed by atoms with E-state index in [1.165, 1.54) is 24.7 Å². The average Bonchev–Trinajstić information content (AvgIpc) is 2.64. The van der Waals surface area contributed by atoms with Gasteiger partial charge in [0, 0.05) is 0 Å². The van der Waals surface area contributed by atoms with Gasteiger partial charge in [-0.2, -0.15) is 0 Å². The summed E-state index contributed by atoms with van der Waals surface area (Å²) in [6.07, 6.45) is 7.68. The first-order valence-electron chi connectivity index (χ1n) is 4.40. The molecule has 0 aromatic heterocycles. The van der Waals surface area contributed by atoms with Crippen LogP contribution >= 0.6 is 0 Å². The summed E-state index contributed by atoms with van der Waals surface area (Å²) in [6.45, 7) is 2.34. The topological polar surface area (TPSA) is 0 Å². The van der Waals surface area contributed by atoms with Gasteiger partial charge in [0.05, 0.1) is 0 Å². The maximum Gasteiger partial charge on any atom is -0.0380 e. The molecule has 9 heavy (non-hydrogen) atoms. The molecule has 2 aliphatic rings. The monoisotopic (exact) mass is 124 g/mol. The van der Waals surface area contributed by atoms with Crippen molar-refractivity contribution in [3.05, 3.63) is 0 Å². The van der Waals surface area contributed by atoms with Crippen molar-refractivity contribution in [3.8, 4) is 0 Å². The van der Waals surface area contributed by atoms with E-state index in [4.69, 9.17) is 0 Å². The maximum absolute atomic E-state index is 2.34. The van der Waals surface area contributed by atoms with Crippen molar-refractivity contribution in [3.63, 3.8) is 0 Å². The number of fused-ring (bicyclic) bond motifs is 1. The predicted octanol–water partition coefficient (Wildman–Crippen LogP) is 2.83. The van der Waals surface area contributed by atoms with Gasteiger partial charge in [-0.1, -0.05) is 19.8 Å². The maximum atomic E-state index is 2.34. The third-order valence-electron chi connectivity index (χ3n) is 3.23. The fourth-order valence-corrected chi connectivity index (χ4v) is 2.32. The minimum atomic E-state index is 1.11. The number of hydrogen-bond donors (Lipinski definition) is 0. The third kappa shape index (κ3) is 0.997. The Morgan fingerprint density at radius 2 is 2.00 bits per heavy atom. The highest BCUT2D eigenvalue weighted by atomic mass is 14.5. The molecule has 0 spiro atoms. The fraction of sp³-hybridized carbons (Fsp3) is 1.00. The van der Waals surface area contributed by atoms with Crippen LogP contribution in [0, 0.1) is 17.8 Å². The highest BCUT2D eigenvalue weighted by Crippen LogP contribution is 2.51. The van der Waals surface area contributed by atoms with Gasteiger partial charge in [-0.3, -0.25) is 0 Å². The molecule has 2 rings (SSSR count). The van der Waals surface area contributed by atoms with Gasteiger partial charge in [0.2, 0.25) is 0 Å². The molecule has 0 radical (unpaired) electrons. The quantitative estimate of drug-likeness (QED) is 0.504. The van der Waals surface area contributed by atoms with Crippen LogP contribution in [0.15, 0.2) is 0 Å². The van der Waals surface area contributed by atoms with Gasteiger partial charge in [-0.25, -0.2) is 0 Å². The molecule has 0 saturated heterocycles. The zero-order chi connectivity index (χ0) is 6.27. The van der Waals surface area contributed by atoms with E-state index in [0.717, 1.165) is 5.92 Å². The van der Waals surface area contributed by atoms with Crippen molar-refractivity contribution in [2.45, 2.75) is 39.0 Å². The molecular formula is C9H16. The van der Waals surface area contributed by atoms with Crippen molar-refractivity contribution in [2.24, 2.45) is 17.8 Å². The molecule has 0 heteroatoms. The molecule has 0 aromatic rings. The van der Waals surface area contributed by atoms with Crippen molar-refractivity contribution in [1.82, 2.24) is 0 Å². The Hall–Kier alpha value is 0. The van der Waals surface area contributed by atoms with Gasteiger partial charge in [0.15, 0.2) is 0 Å². The van der Waals surface area contributed by atoms with Crippen molar-refractivity contribution in [2.75, 3.05) is 0 Å². The summed E-state index contributed by atoms with van der Waals surface area (Å²) < 4.78 is 0. The van der Waals surface area contributed by atoms with Gasteiger partial charge in [-0.05, 0) is 37.0 Å². The Balaban J connectivity index is 1.86. The second-order valence-electron chi connectivity index (χ2n) is 3.84. The lowest BCUT2D eigenvalue weighted by Crippen LogP contribution is -2.06. The van der Waals surface area contributed by atoms with Crippen LogP contribution in [-0.4, -0.2) is 0 Å². The van der Waals surface area contributed by atoms with E-state index in [9.17, 15) is 0 Å². The highest BCUT2D eigenvalue weighted by molar-refractivity contribution is 4.91. The largest absolute Gasteiger partial charge is 0.0651 e. The summed E-state index contributed by atoms with van der Waals surface area (Å²) in [7, 11) is 0. The van der Waals surface area contributed by atoms with Crippen LogP contribution in [-0.2, 0) is 0 Å². The van der Waals surface area contributed by atoms with Gasteiger partial charge < -0.3 is 0 Å².